The molecule has 0 radical (unpaired) electrons. The van der Waals surface area contributed by atoms with E-state index in [9.17, 15) is 4.79 Å². The van der Waals surface area contributed by atoms with Crippen molar-refractivity contribution in [2.24, 2.45) is 0 Å². The number of hydrogen-bond donors (Lipinski definition) is 3. The number of hydrogen-bond acceptors (Lipinski definition) is 5. The summed E-state index contributed by atoms with van der Waals surface area (Å²) < 4.78 is 4.55. The lowest BCUT2D eigenvalue weighted by Gasteiger charge is -2.03. The van der Waals surface area contributed by atoms with E-state index in [0.29, 0.717) is 0 Å². The Morgan fingerprint density at radius 1 is 1.83 bits per heavy atom. The van der Waals surface area contributed by atoms with E-state index in [1.54, 1.807) is 0 Å². The Labute approximate surface area is 72.6 Å². The van der Waals surface area contributed by atoms with E-state index >= 15 is 0 Å². The van der Waals surface area contributed by atoms with Gasteiger partial charge in [0.05, 0.1) is 12.5 Å². The maximum Gasteiger partial charge on any atom is 0.434 e. The third kappa shape index (κ3) is 2.65. The minimum atomic E-state index is -0.714. The fourth-order valence-corrected chi connectivity index (χ4v) is 0.889. The molecule has 12 heavy (non-hydrogen) atoms. The van der Waals surface area contributed by atoms with E-state index in [-0.39, 0.29) is 18.9 Å². The average Bonchev–Trinajstić information content (AvgIpc) is 2.36. The first-order valence-electron chi connectivity index (χ1n) is 3.28. The molecule has 0 aliphatic carbocycles. The van der Waals surface area contributed by atoms with E-state index in [1.165, 1.54) is 0 Å². The summed E-state index contributed by atoms with van der Waals surface area (Å²) in [6, 6.07) is 0. The SMILES string of the molecule is O=c1[nH]nc(CC(O)CNCl)o1. The molecular weight excluding hydrogens is 186 g/mol. The molecule has 68 valence electrons. The minimum Gasteiger partial charge on any atom is -0.392 e. The first kappa shape index (κ1) is 9.24. The Hall–Kier alpha value is -0.850. The van der Waals surface area contributed by atoms with Gasteiger partial charge in [-0.2, -0.15) is 0 Å². The van der Waals surface area contributed by atoms with Gasteiger partial charge in [0.2, 0.25) is 5.89 Å². The van der Waals surface area contributed by atoms with Gasteiger partial charge in [-0.25, -0.2) is 14.7 Å². The monoisotopic (exact) mass is 193 g/mol. The van der Waals surface area contributed by atoms with Crippen LogP contribution in [0, 0.1) is 0 Å². The lowest BCUT2D eigenvalue weighted by Crippen LogP contribution is -2.22. The number of nitrogens with one attached hydrogen (secondary N) is 2. The molecule has 0 fully saturated rings. The Morgan fingerprint density at radius 3 is 3.08 bits per heavy atom. The van der Waals surface area contributed by atoms with Gasteiger partial charge in [-0.15, -0.1) is 5.10 Å². The summed E-state index contributed by atoms with van der Waals surface area (Å²) >= 11 is 5.14. The van der Waals surface area contributed by atoms with Gasteiger partial charge in [0.25, 0.3) is 0 Å². The minimum absolute atomic E-state index is 0.151. The molecule has 1 aromatic rings. The maximum atomic E-state index is 10.4. The largest absolute Gasteiger partial charge is 0.434 e. The molecule has 7 heteroatoms. The first-order chi connectivity index (χ1) is 5.72. The number of aromatic nitrogens is 2. The van der Waals surface area contributed by atoms with Gasteiger partial charge >= 0.3 is 5.76 Å². The fourth-order valence-electron chi connectivity index (χ4n) is 0.711. The molecule has 6 nitrogen and oxygen atoms in total. The quantitative estimate of drug-likeness (QED) is 0.534. The molecule has 0 spiro atoms. The topological polar surface area (TPSA) is 91.2 Å². The molecule has 1 aromatic heterocycles. The van der Waals surface area contributed by atoms with Crippen LogP contribution in [0.25, 0.3) is 0 Å². The third-order valence-electron chi connectivity index (χ3n) is 1.21. The zero-order valence-electron chi connectivity index (χ0n) is 6.08. The maximum absolute atomic E-state index is 10.4. The number of nitrogens with zero attached hydrogens (tertiary/aromatic N) is 1. The van der Waals surface area contributed by atoms with Crippen LogP contribution in [-0.2, 0) is 6.42 Å². The molecule has 0 bridgehead atoms. The van der Waals surface area contributed by atoms with Crippen molar-refractivity contribution in [1.82, 2.24) is 15.0 Å². The van der Waals surface area contributed by atoms with Crippen molar-refractivity contribution in [1.29, 1.82) is 0 Å². The number of aliphatic hydroxyl groups excluding tert-OH is 1. The van der Waals surface area contributed by atoms with Crippen LogP contribution in [0.15, 0.2) is 9.21 Å². The Kier molecular flexibility index (Phi) is 3.27. The van der Waals surface area contributed by atoms with Gasteiger partial charge in [-0.3, -0.25) is 0 Å². The highest BCUT2D eigenvalue weighted by Gasteiger charge is 2.08. The van der Waals surface area contributed by atoms with Crippen LogP contribution in [0.2, 0.25) is 0 Å². The molecule has 0 aliphatic rings. The van der Waals surface area contributed by atoms with Crippen molar-refractivity contribution in [3.8, 4) is 0 Å². The van der Waals surface area contributed by atoms with Gasteiger partial charge < -0.3 is 9.52 Å². The predicted octanol–water partition coefficient (Wildman–Crippen LogP) is -0.990. The van der Waals surface area contributed by atoms with Crippen LogP contribution in [-0.4, -0.2) is 28.0 Å². The number of H-pyrrole nitrogens is 1. The van der Waals surface area contributed by atoms with E-state index in [0.717, 1.165) is 0 Å². The Balaban J connectivity index is 2.46. The summed E-state index contributed by atoms with van der Waals surface area (Å²) in [6.45, 7) is 0.206. The lowest BCUT2D eigenvalue weighted by molar-refractivity contribution is 0.169. The molecule has 0 aromatic carbocycles. The van der Waals surface area contributed by atoms with Gasteiger partial charge in [0.15, 0.2) is 0 Å². The van der Waals surface area contributed by atoms with Gasteiger partial charge in [-0.1, -0.05) is 0 Å². The fraction of sp³-hybridized carbons (Fsp3) is 0.600. The zero-order valence-corrected chi connectivity index (χ0v) is 6.84. The van der Waals surface area contributed by atoms with Crippen molar-refractivity contribution < 1.29 is 9.52 Å². The second kappa shape index (κ2) is 4.24. The number of aliphatic hydroxyl groups is 1. The van der Waals surface area contributed by atoms with E-state index < -0.39 is 11.9 Å². The number of halogens is 1. The molecule has 1 unspecified atom stereocenters. The van der Waals surface area contributed by atoms with Gasteiger partial charge in [0.1, 0.15) is 0 Å². The molecule has 1 rings (SSSR count). The lowest BCUT2D eigenvalue weighted by atomic mass is 10.2. The second-order valence-corrected chi connectivity index (χ2v) is 2.47. The van der Waals surface area contributed by atoms with Crippen LogP contribution in [0.1, 0.15) is 5.89 Å². The summed E-state index contributed by atoms with van der Waals surface area (Å²) in [6.07, 6.45) is -0.563. The molecule has 0 saturated heterocycles. The van der Waals surface area contributed by atoms with Crippen molar-refractivity contribution in [2.75, 3.05) is 6.54 Å². The highest BCUT2D eigenvalue weighted by molar-refractivity contribution is 6.13. The standard InChI is InChI=1S/C5H8ClN3O3/c6-7-2-3(10)1-4-8-9-5(11)12-4/h3,7,10H,1-2H2,(H,9,11). The molecule has 3 N–H and O–H groups in total. The third-order valence-corrected chi connectivity index (χ3v) is 1.36. The van der Waals surface area contributed by atoms with Crippen molar-refractivity contribution in [3.63, 3.8) is 0 Å². The summed E-state index contributed by atoms with van der Waals surface area (Å²) in [5, 5.41) is 14.7. The molecule has 1 heterocycles. The summed E-state index contributed by atoms with van der Waals surface area (Å²) in [5.74, 6) is -0.463. The summed E-state index contributed by atoms with van der Waals surface area (Å²) in [5.41, 5.74) is 0. The number of aromatic amines is 1. The normalized spacial score (nSPS) is 13.2. The van der Waals surface area contributed by atoms with Gasteiger partial charge in [-0.05, 0) is 11.8 Å². The highest BCUT2D eigenvalue weighted by Crippen LogP contribution is 1.94. The van der Waals surface area contributed by atoms with Crippen molar-refractivity contribution in [2.45, 2.75) is 12.5 Å². The first-order valence-corrected chi connectivity index (χ1v) is 3.66. The van der Waals surface area contributed by atoms with Crippen LogP contribution >= 0.6 is 11.8 Å². The van der Waals surface area contributed by atoms with Crippen molar-refractivity contribution >= 4 is 11.8 Å². The molecular formula is C5H8ClN3O3. The number of rotatable bonds is 4. The van der Waals surface area contributed by atoms with Crippen LogP contribution < -0.4 is 10.6 Å². The zero-order chi connectivity index (χ0) is 8.97. The van der Waals surface area contributed by atoms with E-state index in [2.05, 4.69) is 19.5 Å². The summed E-state index contributed by atoms with van der Waals surface area (Å²) in [4.78, 5) is 12.7. The van der Waals surface area contributed by atoms with E-state index in [1.807, 2.05) is 0 Å². The molecule has 0 aliphatic heterocycles. The van der Waals surface area contributed by atoms with E-state index in [4.69, 9.17) is 16.9 Å². The smallest absolute Gasteiger partial charge is 0.392 e. The van der Waals surface area contributed by atoms with Crippen LogP contribution in [0.5, 0.6) is 0 Å². The summed E-state index contributed by atoms with van der Waals surface area (Å²) in [7, 11) is 0. The Morgan fingerprint density at radius 2 is 2.58 bits per heavy atom. The second-order valence-electron chi connectivity index (χ2n) is 2.20. The Bertz CT molecular complexity index is 283. The van der Waals surface area contributed by atoms with Crippen LogP contribution in [0.3, 0.4) is 0 Å². The van der Waals surface area contributed by atoms with Crippen molar-refractivity contribution in [3.05, 3.63) is 16.4 Å². The average molecular weight is 194 g/mol. The predicted molar refractivity (Wildman–Crippen MR) is 40.7 cm³/mol. The van der Waals surface area contributed by atoms with Crippen LogP contribution in [0.4, 0.5) is 0 Å². The highest BCUT2D eigenvalue weighted by atomic mass is 35.5. The molecule has 1 atom stereocenters. The molecule has 0 amide bonds. The molecule has 0 saturated carbocycles. The van der Waals surface area contributed by atoms with Gasteiger partial charge in [0, 0.05) is 6.54 Å².